The van der Waals surface area contributed by atoms with Crippen LogP contribution in [-0.4, -0.2) is 23.0 Å². The fourth-order valence-electron chi connectivity index (χ4n) is 1.60. The first-order chi connectivity index (χ1) is 9.24. The summed E-state index contributed by atoms with van der Waals surface area (Å²) in [7, 11) is 0. The molecule has 0 aliphatic rings. The first kappa shape index (κ1) is 15.9. The van der Waals surface area contributed by atoms with Crippen molar-refractivity contribution in [1.29, 1.82) is 0 Å². The van der Waals surface area contributed by atoms with Gasteiger partial charge in [0.15, 0.2) is 0 Å². The molecular weight excluding hydrogens is 262 g/mol. The number of carbonyl (C=O) groups is 1. The van der Waals surface area contributed by atoms with Crippen LogP contribution >= 0.6 is 0 Å². The third-order valence-corrected chi connectivity index (χ3v) is 3.04. The molecule has 0 spiro atoms. The Balaban J connectivity index is 2.56. The minimum Gasteiger partial charge on any atom is -0.493 e. The van der Waals surface area contributed by atoms with Gasteiger partial charge >= 0.3 is 0 Å². The highest BCUT2D eigenvalue weighted by Crippen LogP contribution is 2.24. The molecule has 7 heteroatoms. The summed E-state index contributed by atoms with van der Waals surface area (Å²) in [4.78, 5) is 21.2. The molecule has 0 aromatic heterocycles. The van der Waals surface area contributed by atoms with Gasteiger partial charge in [-0.1, -0.05) is 0 Å². The normalized spacial score (nSPS) is 13.6. The second-order valence-electron chi connectivity index (χ2n) is 4.94. The third kappa shape index (κ3) is 4.20. The Morgan fingerprint density at radius 1 is 1.50 bits per heavy atom. The predicted octanol–water partition coefficient (Wildman–Crippen LogP) is 1.26. The lowest BCUT2D eigenvalue weighted by atomic mass is 9.97. The van der Waals surface area contributed by atoms with Crippen molar-refractivity contribution in [1.82, 2.24) is 0 Å². The zero-order chi connectivity index (χ0) is 15.3. The van der Waals surface area contributed by atoms with E-state index in [0.717, 1.165) is 5.56 Å². The predicted molar refractivity (Wildman–Crippen MR) is 74.3 cm³/mol. The van der Waals surface area contributed by atoms with Crippen LogP contribution in [0.3, 0.4) is 0 Å². The zero-order valence-electron chi connectivity index (χ0n) is 11.6. The molecular formula is C13H19N3O4. The number of non-ortho nitro benzene ring substituents is 1. The minimum absolute atomic E-state index is 0.0219. The molecule has 0 fully saturated rings. The number of nitrogens with zero attached hydrogens (tertiary/aromatic N) is 1. The Morgan fingerprint density at radius 3 is 2.70 bits per heavy atom. The topological polar surface area (TPSA) is 121 Å². The van der Waals surface area contributed by atoms with Gasteiger partial charge in [0, 0.05) is 6.07 Å². The summed E-state index contributed by atoms with van der Waals surface area (Å²) in [6.07, 6.45) is 0.911. The number of aryl methyl sites for hydroxylation is 1. The molecule has 1 atom stereocenters. The van der Waals surface area contributed by atoms with E-state index in [1.165, 1.54) is 12.1 Å². The van der Waals surface area contributed by atoms with Gasteiger partial charge in [-0.05, 0) is 38.3 Å². The number of hydrogen-bond acceptors (Lipinski definition) is 5. The quantitative estimate of drug-likeness (QED) is 0.442. The lowest BCUT2D eigenvalue weighted by Gasteiger charge is -2.20. The summed E-state index contributed by atoms with van der Waals surface area (Å²) in [5.74, 6) is -0.110. The van der Waals surface area contributed by atoms with E-state index < -0.39 is 16.4 Å². The standard InChI is InChI=1S/C13H19N3O4/c1-9-4-5-10(16(18)19)8-11(9)20-7-3-6-13(2,15)12(14)17/h4-5,8H,3,6-7,15H2,1-2H3,(H2,14,17). The van der Waals surface area contributed by atoms with Gasteiger partial charge in [-0.2, -0.15) is 0 Å². The van der Waals surface area contributed by atoms with E-state index in [0.29, 0.717) is 25.2 Å². The lowest BCUT2D eigenvalue weighted by molar-refractivity contribution is -0.384. The molecule has 0 aliphatic carbocycles. The van der Waals surface area contributed by atoms with Gasteiger partial charge in [0.05, 0.1) is 23.1 Å². The number of carbonyl (C=O) groups excluding carboxylic acids is 1. The molecule has 20 heavy (non-hydrogen) atoms. The van der Waals surface area contributed by atoms with Crippen molar-refractivity contribution in [2.24, 2.45) is 11.5 Å². The molecule has 1 amide bonds. The molecule has 0 bridgehead atoms. The highest BCUT2D eigenvalue weighted by Gasteiger charge is 2.24. The van der Waals surface area contributed by atoms with E-state index in [4.69, 9.17) is 16.2 Å². The van der Waals surface area contributed by atoms with Gasteiger partial charge in [0.2, 0.25) is 5.91 Å². The van der Waals surface area contributed by atoms with Crippen LogP contribution in [0.4, 0.5) is 5.69 Å². The molecule has 0 aliphatic heterocycles. The molecule has 1 unspecified atom stereocenters. The summed E-state index contributed by atoms with van der Waals surface area (Å²) in [6.45, 7) is 3.67. The molecule has 0 radical (unpaired) electrons. The van der Waals surface area contributed by atoms with Gasteiger partial charge in [0.1, 0.15) is 5.75 Å². The Labute approximate surface area is 117 Å². The number of rotatable bonds is 7. The largest absolute Gasteiger partial charge is 0.493 e. The number of nitrogens with two attached hydrogens (primary N) is 2. The molecule has 1 aromatic carbocycles. The maximum Gasteiger partial charge on any atom is 0.273 e. The smallest absolute Gasteiger partial charge is 0.273 e. The summed E-state index contributed by atoms with van der Waals surface area (Å²) in [5.41, 5.74) is 10.6. The van der Waals surface area contributed by atoms with Crippen molar-refractivity contribution in [3.05, 3.63) is 33.9 Å². The molecule has 4 N–H and O–H groups in total. The monoisotopic (exact) mass is 281 g/mol. The van der Waals surface area contributed by atoms with Crippen LogP contribution in [0.5, 0.6) is 5.75 Å². The Morgan fingerprint density at radius 2 is 2.15 bits per heavy atom. The number of nitro groups is 1. The number of hydrogen-bond donors (Lipinski definition) is 2. The number of benzene rings is 1. The van der Waals surface area contributed by atoms with Gasteiger partial charge < -0.3 is 16.2 Å². The van der Waals surface area contributed by atoms with Crippen molar-refractivity contribution >= 4 is 11.6 Å². The van der Waals surface area contributed by atoms with Crippen molar-refractivity contribution < 1.29 is 14.5 Å². The zero-order valence-corrected chi connectivity index (χ0v) is 11.6. The Bertz CT molecular complexity index is 514. The number of amides is 1. The number of nitro benzene ring substituents is 1. The van der Waals surface area contributed by atoms with Crippen LogP contribution in [-0.2, 0) is 4.79 Å². The van der Waals surface area contributed by atoms with Crippen molar-refractivity contribution in [3.8, 4) is 5.75 Å². The average molecular weight is 281 g/mol. The lowest BCUT2D eigenvalue weighted by Crippen LogP contribution is -2.49. The molecule has 7 nitrogen and oxygen atoms in total. The highest BCUT2D eigenvalue weighted by atomic mass is 16.6. The van der Waals surface area contributed by atoms with Crippen molar-refractivity contribution in [2.75, 3.05) is 6.61 Å². The maximum atomic E-state index is 11.0. The van der Waals surface area contributed by atoms with E-state index in [1.54, 1.807) is 19.9 Å². The second-order valence-corrected chi connectivity index (χ2v) is 4.94. The van der Waals surface area contributed by atoms with Gasteiger partial charge in [-0.3, -0.25) is 14.9 Å². The fourth-order valence-corrected chi connectivity index (χ4v) is 1.60. The van der Waals surface area contributed by atoms with E-state index in [-0.39, 0.29) is 5.69 Å². The van der Waals surface area contributed by atoms with Crippen LogP contribution in [0, 0.1) is 17.0 Å². The van der Waals surface area contributed by atoms with Crippen LogP contribution in [0.25, 0.3) is 0 Å². The van der Waals surface area contributed by atoms with Crippen molar-refractivity contribution in [3.63, 3.8) is 0 Å². The van der Waals surface area contributed by atoms with Crippen LogP contribution in [0.2, 0.25) is 0 Å². The van der Waals surface area contributed by atoms with Crippen LogP contribution in [0.15, 0.2) is 18.2 Å². The number of ether oxygens (including phenoxy) is 1. The number of primary amides is 1. The Hall–Kier alpha value is -2.15. The molecule has 0 heterocycles. The van der Waals surface area contributed by atoms with E-state index >= 15 is 0 Å². The second kappa shape index (κ2) is 6.33. The van der Waals surface area contributed by atoms with E-state index in [2.05, 4.69) is 0 Å². The van der Waals surface area contributed by atoms with Gasteiger partial charge in [-0.15, -0.1) is 0 Å². The van der Waals surface area contributed by atoms with Crippen LogP contribution in [0.1, 0.15) is 25.3 Å². The molecule has 0 saturated carbocycles. The Kier molecular flexibility index (Phi) is 5.04. The average Bonchev–Trinajstić information content (AvgIpc) is 2.36. The summed E-state index contributed by atoms with van der Waals surface area (Å²) >= 11 is 0. The molecule has 1 rings (SSSR count). The maximum absolute atomic E-state index is 11.0. The summed E-state index contributed by atoms with van der Waals surface area (Å²) < 4.78 is 5.49. The highest BCUT2D eigenvalue weighted by molar-refractivity contribution is 5.83. The fraction of sp³-hybridized carbons (Fsp3) is 0.462. The SMILES string of the molecule is Cc1ccc([N+](=O)[O-])cc1OCCCC(C)(N)C(N)=O. The van der Waals surface area contributed by atoms with E-state index in [9.17, 15) is 14.9 Å². The first-order valence-electron chi connectivity index (χ1n) is 6.20. The van der Waals surface area contributed by atoms with E-state index in [1.807, 2.05) is 0 Å². The third-order valence-electron chi connectivity index (χ3n) is 3.04. The minimum atomic E-state index is -1.07. The summed E-state index contributed by atoms with van der Waals surface area (Å²) in [5, 5.41) is 10.7. The van der Waals surface area contributed by atoms with Gasteiger partial charge in [0.25, 0.3) is 5.69 Å². The summed E-state index contributed by atoms with van der Waals surface area (Å²) in [6, 6.07) is 4.43. The first-order valence-corrected chi connectivity index (χ1v) is 6.20. The molecule has 110 valence electrons. The van der Waals surface area contributed by atoms with Crippen LogP contribution < -0.4 is 16.2 Å². The van der Waals surface area contributed by atoms with Crippen molar-refractivity contribution in [2.45, 2.75) is 32.2 Å². The van der Waals surface area contributed by atoms with Gasteiger partial charge in [-0.25, -0.2) is 0 Å². The molecule has 1 aromatic rings. The molecule has 0 saturated heterocycles.